The monoisotopic (exact) mass is 283 g/mol. The van der Waals surface area contributed by atoms with Gasteiger partial charge in [0, 0.05) is 19.6 Å². The smallest absolute Gasteiger partial charge is 0.255 e. The number of piperidine rings is 1. The van der Waals surface area contributed by atoms with Crippen LogP contribution in [-0.4, -0.2) is 33.1 Å². The van der Waals surface area contributed by atoms with Crippen molar-refractivity contribution in [2.24, 2.45) is 0 Å². The summed E-state index contributed by atoms with van der Waals surface area (Å²) in [6.45, 7) is 4.20. The Labute approximate surface area is 115 Å². The van der Waals surface area contributed by atoms with E-state index in [4.69, 9.17) is 0 Å². The first kappa shape index (κ1) is 14.3. The Balaban J connectivity index is 2.18. The van der Waals surface area contributed by atoms with Crippen LogP contribution in [0.25, 0.3) is 0 Å². The summed E-state index contributed by atoms with van der Waals surface area (Å²) in [4.78, 5) is 2.98. The van der Waals surface area contributed by atoms with Gasteiger partial charge >= 0.3 is 0 Å². The minimum absolute atomic E-state index is 0.308. The van der Waals surface area contributed by atoms with Gasteiger partial charge in [0.2, 0.25) is 0 Å². The maximum absolute atomic E-state index is 12.4. The standard InChI is InChI=1S/C13H21N3O2S/c1-2-14-12-8-4-5-9-13(12)19(17,18)15-16-10-6-3-7-11-16/h4-5,8-9,14-15H,2-3,6-7,10-11H2,1H3. The molecule has 0 atom stereocenters. The molecule has 0 saturated carbocycles. The third-order valence-electron chi connectivity index (χ3n) is 3.15. The van der Waals surface area contributed by atoms with Crippen LogP contribution in [0.5, 0.6) is 0 Å². The molecule has 0 spiro atoms. The number of sulfonamides is 1. The van der Waals surface area contributed by atoms with Crippen LogP contribution in [0.3, 0.4) is 0 Å². The average molecular weight is 283 g/mol. The number of hydrazine groups is 1. The number of nitrogens with one attached hydrogen (secondary N) is 2. The van der Waals surface area contributed by atoms with Crippen LogP contribution in [0.4, 0.5) is 5.69 Å². The Morgan fingerprint density at radius 3 is 2.53 bits per heavy atom. The number of hydrogen-bond acceptors (Lipinski definition) is 4. The lowest BCUT2D eigenvalue weighted by Crippen LogP contribution is -2.45. The van der Waals surface area contributed by atoms with Crippen molar-refractivity contribution < 1.29 is 8.42 Å². The quantitative estimate of drug-likeness (QED) is 0.865. The van der Waals surface area contributed by atoms with E-state index in [-0.39, 0.29) is 0 Å². The summed E-state index contributed by atoms with van der Waals surface area (Å²) in [6.07, 6.45) is 3.25. The molecular formula is C13H21N3O2S. The SMILES string of the molecule is CCNc1ccccc1S(=O)(=O)NN1CCCCC1. The molecule has 2 N–H and O–H groups in total. The van der Waals surface area contributed by atoms with E-state index in [1.54, 1.807) is 23.2 Å². The first-order valence-electron chi connectivity index (χ1n) is 6.74. The summed E-state index contributed by atoms with van der Waals surface area (Å²) < 4.78 is 24.8. The molecule has 0 aromatic heterocycles. The number of anilines is 1. The largest absolute Gasteiger partial charge is 0.384 e. The van der Waals surface area contributed by atoms with E-state index in [0.717, 1.165) is 25.9 Å². The first-order chi connectivity index (χ1) is 9.13. The molecule has 1 aliphatic rings. The molecule has 1 fully saturated rings. The highest BCUT2D eigenvalue weighted by Crippen LogP contribution is 2.21. The molecule has 6 heteroatoms. The van der Waals surface area contributed by atoms with Crippen LogP contribution in [0.2, 0.25) is 0 Å². The van der Waals surface area contributed by atoms with Crippen LogP contribution in [0.1, 0.15) is 26.2 Å². The minimum Gasteiger partial charge on any atom is -0.384 e. The van der Waals surface area contributed by atoms with E-state index in [1.807, 2.05) is 13.0 Å². The van der Waals surface area contributed by atoms with Gasteiger partial charge in [0.05, 0.1) is 5.69 Å². The van der Waals surface area contributed by atoms with Crippen molar-refractivity contribution in [2.75, 3.05) is 25.0 Å². The summed E-state index contributed by atoms with van der Waals surface area (Å²) in [5.74, 6) is 0. The van der Waals surface area contributed by atoms with Crippen molar-refractivity contribution in [3.63, 3.8) is 0 Å². The van der Waals surface area contributed by atoms with Crippen molar-refractivity contribution in [3.05, 3.63) is 24.3 Å². The van der Waals surface area contributed by atoms with Gasteiger partial charge in [-0.25, -0.2) is 13.4 Å². The molecule has 0 bridgehead atoms. The van der Waals surface area contributed by atoms with Gasteiger partial charge < -0.3 is 5.32 Å². The van der Waals surface area contributed by atoms with Gasteiger partial charge in [0.15, 0.2) is 0 Å². The third-order valence-corrected chi connectivity index (χ3v) is 4.58. The Bertz CT molecular complexity index is 510. The molecule has 1 heterocycles. The van der Waals surface area contributed by atoms with Crippen LogP contribution in [0.15, 0.2) is 29.2 Å². The zero-order valence-corrected chi connectivity index (χ0v) is 12.0. The van der Waals surface area contributed by atoms with Crippen LogP contribution < -0.4 is 10.1 Å². The number of benzene rings is 1. The molecule has 0 amide bonds. The normalized spacial score (nSPS) is 17.3. The Morgan fingerprint density at radius 1 is 1.16 bits per heavy atom. The van der Waals surface area contributed by atoms with Crippen molar-refractivity contribution in [1.82, 2.24) is 9.84 Å². The summed E-state index contributed by atoms with van der Waals surface area (Å²) in [7, 11) is -3.50. The predicted octanol–water partition coefficient (Wildman–Crippen LogP) is 1.80. The van der Waals surface area contributed by atoms with Gasteiger partial charge in [-0.05, 0) is 31.9 Å². The summed E-state index contributed by atoms with van der Waals surface area (Å²) >= 11 is 0. The van der Waals surface area contributed by atoms with E-state index in [0.29, 0.717) is 17.1 Å². The van der Waals surface area contributed by atoms with E-state index in [2.05, 4.69) is 10.1 Å². The maximum atomic E-state index is 12.4. The third kappa shape index (κ3) is 3.68. The fraction of sp³-hybridized carbons (Fsp3) is 0.538. The highest BCUT2D eigenvalue weighted by molar-refractivity contribution is 7.89. The molecule has 19 heavy (non-hydrogen) atoms. The molecule has 0 aliphatic carbocycles. The van der Waals surface area contributed by atoms with Gasteiger partial charge in [-0.3, -0.25) is 0 Å². The Kier molecular flexibility index (Phi) is 4.79. The van der Waals surface area contributed by atoms with Crippen molar-refractivity contribution >= 4 is 15.7 Å². The highest BCUT2D eigenvalue weighted by Gasteiger charge is 2.22. The van der Waals surface area contributed by atoms with Gasteiger partial charge in [-0.1, -0.05) is 18.6 Å². The summed E-state index contributed by atoms with van der Waals surface area (Å²) in [5.41, 5.74) is 0.648. The molecule has 1 aliphatic heterocycles. The summed E-state index contributed by atoms with van der Waals surface area (Å²) in [6, 6.07) is 6.99. The average Bonchev–Trinajstić information content (AvgIpc) is 2.40. The summed E-state index contributed by atoms with van der Waals surface area (Å²) in [5, 5.41) is 4.88. The number of rotatable bonds is 5. The number of nitrogens with zero attached hydrogens (tertiary/aromatic N) is 1. The second kappa shape index (κ2) is 6.36. The van der Waals surface area contributed by atoms with E-state index in [1.165, 1.54) is 6.42 Å². The van der Waals surface area contributed by atoms with E-state index in [9.17, 15) is 8.42 Å². The molecule has 2 rings (SSSR count). The zero-order valence-electron chi connectivity index (χ0n) is 11.2. The molecule has 106 valence electrons. The molecular weight excluding hydrogens is 262 g/mol. The number of hydrogen-bond donors (Lipinski definition) is 2. The molecule has 0 unspecified atom stereocenters. The fourth-order valence-corrected chi connectivity index (χ4v) is 3.55. The second-order valence-electron chi connectivity index (χ2n) is 4.67. The molecule has 1 aromatic rings. The van der Waals surface area contributed by atoms with Gasteiger partial charge in [-0.15, -0.1) is 4.83 Å². The second-order valence-corrected chi connectivity index (χ2v) is 6.30. The predicted molar refractivity (Wildman–Crippen MR) is 76.4 cm³/mol. The highest BCUT2D eigenvalue weighted by atomic mass is 32.2. The molecule has 1 aromatic carbocycles. The zero-order chi connectivity index (χ0) is 13.7. The molecule has 0 radical (unpaired) electrons. The van der Waals surface area contributed by atoms with Gasteiger partial charge in [0.1, 0.15) is 4.90 Å². The lowest BCUT2D eigenvalue weighted by molar-refractivity contribution is 0.200. The topological polar surface area (TPSA) is 61.4 Å². The lowest BCUT2D eigenvalue weighted by Gasteiger charge is -2.27. The van der Waals surface area contributed by atoms with Gasteiger partial charge in [0.25, 0.3) is 10.0 Å². The Hall–Kier alpha value is -1.11. The van der Waals surface area contributed by atoms with Crippen molar-refractivity contribution in [2.45, 2.75) is 31.1 Å². The van der Waals surface area contributed by atoms with Crippen molar-refractivity contribution in [3.8, 4) is 0 Å². The first-order valence-corrected chi connectivity index (χ1v) is 8.22. The molecule has 1 saturated heterocycles. The van der Waals surface area contributed by atoms with Gasteiger partial charge in [-0.2, -0.15) is 0 Å². The lowest BCUT2D eigenvalue weighted by atomic mass is 10.2. The molecule has 5 nitrogen and oxygen atoms in total. The van der Waals surface area contributed by atoms with E-state index >= 15 is 0 Å². The number of para-hydroxylation sites is 1. The minimum atomic E-state index is -3.50. The van der Waals surface area contributed by atoms with Crippen molar-refractivity contribution in [1.29, 1.82) is 0 Å². The van der Waals surface area contributed by atoms with E-state index < -0.39 is 10.0 Å². The fourth-order valence-electron chi connectivity index (χ4n) is 2.24. The van der Waals surface area contributed by atoms with Crippen LogP contribution in [-0.2, 0) is 10.0 Å². The maximum Gasteiger partial charge on any atom is 0.255 e. The Morgan fingerprint density at radius 2 is 1.84 bits per heavy atom. The van der Waals surface area contributed by atoms with Crippen LogP contribution >= 0.6 is 0 Å². The van der Waals surface area contributed by atoms with Crippen LogP contribution in [0, 0.1) is 0 Å².